The summed E-state index contributed by atoms with van der Waals surface area (Å²) in [5.74, 6) is -0.625. The minimum Gasteiger partial charge on any atom is -0.462 e. The van der Waals surface area contributed by atoms with Crippen LogP contribution in [0, 0.1) is 0 Å². The number of allylic oxidation sites excluding steroid dienone is 22. The monoisotopic (exact) mass is 1130 g/mol. The van der Waals surface area contributed by atoms with Crippen molar-refractivity contribution in [2.24, 2.45) is 0 Å². The zero-order valence-corrected chi connectivity index (χ0v) is 53.7. The zero-order valence-electron chi connectivity index (χ0n) is 53.7. The minimum atomic E-state index is -0.799. The van der Waals surface area contributed by atoms with Crippen LogP contribution in [0.15, 0.2) is 134 Å². The van der Waals surface area contributed by atoms with E-state index < -0.39 is 6.10 Å². The van der Waals surface area contributed by atoms with E-state index in [0.29, 0.717) is 12.8 Å². The number of rotatable bonds is 63. The van der Waals surface area contributed by atoms with E-state index >= 15 is 0 Å². The fraction of sp³-hybridized carbons (Fsp3) is 0.688. The third-order valence-electron chi connectivity index (χ3n) is 15.0. The molecule has 0 amide bonds. The predicted molar refractivity (Wildman–Crippen MR) is 361 cm³/mol. The number of aliphatic hydroxyl groups is 1. The Morgan fingerprint density at radius 2 is 0.524 bits per heavy atom. The number of ether oxygens (including phenoxy) is 2. The molecular weight excluding hydrogens is 1000 g/mol. The maximum Gasteiger partial charge on any atom is 0.306 e. The molecule has 5 heteroatoms. The number of carbonyl (C=O) groups is 2. The van der Waals surface area contributed by atoms with Crippen LogP contribution in [0.2, 0.25) is 0 Å². The van der Waals surface area contributed by atoms with Crippen molar-refractivity contribution < 1.29 is 24.2 Å². The molecule has 0 saturated carbocycles. The van der Waals surface area contributed by atoms with Crippen LogP contribution in [0.1, 0.15) is 322 Å². The predicted octanol–water partition coefficient (Wildman–Crippen LogP) is 24.3. The number of unbranched alkanes of at least 4 members (excludes halogenated alkanes) is 33. The molecule has 82 heavy (non-hydrogen) atoms. The molecule has 0 spiro atoms. The Hall–Kier alpha value is -3.96. The molecule has 0 fully saturated rings. The Labute approximate surface area is 508 Å². The van der Waals surface area contributed by atoms with Gasteiger partial charge in [-0.2, -0.15) is 0 Å². The Morgan fingerprint density at radius 3 is 0.793 bits per heavy atom. The molecule has 1 atom stereocenters. The van der Waals surface area contributed by atoms with Crippen molar-refractivity contribution in [3.8, 4) is 0 Å². The molecule has 0 aromatic heterocycles. The van der Waals surface area contributed by atoms with Gasteiger partial charge in [0.05, 0.1) is 6.61 Å². The van der Waals surface area contributed by atoms with Crippen LogP contribution in [0.4, 0.5) is 0 Å². The van der Waals surface area contributed by atoms with Crippen molar-refractivity contribution >= 4 is 11.9 Å². The number of hydrogen-bond acceptors (Lipinski definition) is 5. The standard InChI is InChI=1S/C77H130O5/c1-3-5-7-9-11-13-15-17-19-21-23-25-27-29-31-33-35-36-37-38-39-40-42-44-46-48-50-52-54-56-58-60-62-64-66-68-70-72-77(80)82-75(73-78)74-81-76(79)71-69-67-65-63-61-59-57-55-53-51-49-47-45-43-41-34-32-30-28-26-24-22-20-18-16-14-12-10-8-6-4-2/h5,7,11,13,17,19,23,25,29,31,35-36,38-39,42,44,48,50,54,56,60,62,75,78H,3-4,6,8-10,12,14-16,18,20-22,24,26-28,30,32-34,37,40-41,43,45-47,49,51-53,55,57-59,61,63-74H2,1-2H3/b7-5-,13-11-,19-17-,25-23-,31-29-,36-35-,39-38-,44-42-,50-48-,56-54-,62-60-. The lowest BCUT2D eigenvalue weighted by Crippen LogP contribution is -2.28. The van der Waals surface area contributed by atoms with E-state index in [2.05, 4.69) is 148 Å². The molecule has 0 rings (SSSR count). The van der Waals surface area contributed by atoms with Crippen molar-refractivity contribution in [2.75, 3.05) is 13.2 Å². The van der Waals surface area contributed by atoms with Crippen LogP contribution in [0.5, 0.6) is 0 Å². The van der Waals surface area contributed by atoms with Crippen molar-refractivity contribution in [1.29, 1.82) is 0 Å². The summed E-state index contributed by atoms with van der Waals surface area (Å²) in [6.07, 6.45) is 106. The van der Waals surface area contributed by atoms with Crippen molar-refractivity contribution in [3.63, 3.8) is 0 Å². The summed E-state index contributed by atoms with van der Waals surface area (Å²) in [5, 5.41) is 9.69. The molecule has 0 aliphatic carbocycles. The highest BCUT2D eigenvalue weighted by molar-refractivity contribution is 5.70. The first-order valence-electron chi connectivity index (χ1n) is 34.7. The average molecular weight is 1140 g/mol. The molecule has 0 aliphatic rings. The first-order valence-corrected chi connectivity index (χ1v) is 34.7. The van der Waals surface area contributed by atoms with Crippen molar-refractivity contribution in [3.05, 3.63) is 134 Å². The van der Waals surface area contributed by atoms with Gasteiger partial charge in [-0.1, -0.05) is 347 Å². The van der Waals surface area contributed by atoms with Gasteiger partial charge in [0.2, 0.25) is 0 Å². The smallest absolute Gasteiger partial charge is 0.306 e. The van der Waals surface area contributed by atoms with Gasteiger partial charge in [0.15, 0.2) is 6.10 Å². The summed E-state index contributed by atoms with van der Waals surface area (Å²) in [4.78, 5) is 24.6. The van der Waals surface area contributed by atoms with Crippen LogP contribution < -0.4 is 0 Å². The summed E-state index contributed by atoms with van der Waals surface area (Å²) >= 11 is 0. The van der Waals surface area contributed by atoms with Crippen LogP contribution in [0.3, 0.4) is 0 Å². The van der Waals surface area contributed by atoms with Gasteiger partial charge in [0.1, 0.15) is 6.61 Å². The Kier molecular flexibility index (Phi) is 67.9. The second kappa shape index (κ2) is 71.3. The molecule has 0 radical (unpaired) electrons. The lowest BCUT2D eigenvalue weighted by atomic mass is 10.0. The first kappa shape index (κ1) is 78.0. The lowest BCUT2D eigenvalue weighted by Gasteiger charge is -2.15. The fourth-order valence-corrected chi connectivity index (χ4v) is 9.80. The zero-order chi connectivity index (χ0) is 59.1. The normalized spacial score (nSPS) is 13.1. The summed E-state index contributed by atoms with van der Waals surface area (Å²) in [6, 6.07) is 0. The van der Waals surface area contributed by atoms with E-state index in [1.165, 1.54) is 180 Å². The van der Waals surface area contributed by atoms with Gasteiger partial charge in [-0.25, -0.2) is 0 Å². The average Bonchev–Trinajstić information content (AvgIpc) is 3.49. The van der Waals surface area contributed by atoms with Gasteiger partial charge >= 0.3 is 11.9 Å². The topological polar surface area (TPSA) is 72.8 Å². The quantitative estimate of drug-likeness (QED) is 0.0373. The SMILES string of the molecule is CC/C=C\C/C=C\C/C=C\C/C=C\C/C=C\C/C=C\C/C=C\C/C=C\C/C=C\C/C=C\C/C=C\CCCCCC(=O)OC(CO)COC(=O)CCCCCCCCCCCCCCCCCCCCCCCCCCCCCCCCC. The summed E-state index contributed by atoms with van der Waals surface area (Å²) < 4.78 is 10.7. The van der Waals surface area contributed by atoms with E-state index in [1.54, 1.807) is 0 Å². The van der Waals surface area contributed by atoms with E-state index in [4.69, 9.17) is 9.47 Å². The highest BCUT2D eigenvalue weighted by atomic mass is 16.6. The van der Waals surface area contributed by atoms with E-state index in [9.17, 15) is 14.7 Å². The molecule has 5 nitrogen and oxygen atoms in total. The maximum atomic E-state index is 12.3. The molecular formula is C77H130O5. The van der Waals surface area contributed by atoms with Gasteiger partial charge in [0.25, 0.3) is 0 Å². The maximum absolute atomic E-state index is 12.3. The highest BCUT2D eigenvalue weighted by Gasteiger charge is 2.16. The highest BCUT2D eigenvalue weighted by Crippen LogP contribution is 2.18. The Balaban J connectivity index is 3.57. The molecule has 468 valence electrons. The van der Waals surface area contributed by atoms with Crippen LogP contribution in [-0.4, -0.2) is 36.4 Å². The lowest BCUT2D eigenvalue weighted by molar-refractivity contribution is -0.161. The van der Waals surface area contributed by atoms with Gasteiger partial charge in [-0.05, 0) is 96.3 Å². The second-order valence-electron chi connectivity index (χ2n) is 22.9. The van der Waals surface area contributed by atoms with Crippen LogP contribution >= 0.6 is 0 Å². The molecule has 0 heterocycles. The summed E-state index contributed by atoms with van der Waals surface area (Å²) in [5.41, 5.74) is 0. The van der Waals surface area contributed by atoms with E-state index in [0.717, 1.165) is 116 Å². The molecule has 1 unspecified atom stereocenters. The third kappa shape index (κ3) is 68.5. The van der Waals surface area contributed by atoms with Gasteiger partial charge < -0.3 is 14.6 Å². The molecule has 0 aromatic rings. The number of aliphatic hydroxyl groups excluding tert-OH is 1. The van der Waals surface area contributed by atoms with Crippen molar-refractivity contribution in [2.45, 2.75) is 328 Å². The molecule has 1 N–H and O–H groups in total. The number of carbonyl (C=O) groups excluding carboxylic acids is 2. The largest absolute Gasteiger partial charge is 0.462 e. The number of esters is 2. The molecule has 0 aliphatic heterocycles. The molecule has 0 bridgehead atoms. The number of hydrogen-bond donors (Lipinski definition) is 1. The molecule has 0 saturated heterocycles. The van der Waals surface area contributed by atoms with E-state index in [-0.39, 0.29) is 25.2 Å². The van der Waals surface area contributed by atoms with E-state index in [1.807, 2.05) is 0 Å². The van der Waals surface area contributed by atoms with Crippen LogP contribution in [-0.2, 0) is 19.1 Å². The minimum absolute atomic E-state index is 0.0840. The van der Waals surface area contributed by atoms with Crippen LogP contribution in [0.25, 0.3) is 0 Å². The fourth-order valence-electron chi connectivity index (χ4n) is 9.80. The Bertz CT molecular complexity index is 1670. The van der Waals surface area contributed by atoms with Gasteiger partial charge in [-0.3, -0.25) is 9.59 Å². The summed E-state index contributed by atoms with van der Waals surface area (Å²) in [6.45, 7) is 4.03. The Morgan fingerprint density at radius 1 is 0.293 bits per heavy atom. The molecule has 0 aromatic carbocycles. The van der Waals surface area contributed by atoms with Crippen molar-refractivity contribution in [1.82, 2.24) is 0 Å². The van der Waals surface area contributed by atoms with Gasteiger partial charge in [0, 0.05) is 12.8 Å². The second-order valence-corrected chi connectivity index (χ2v) is 22.9. The third-order valence-corrected chi connectivity index (χ3v) is 15.0. The van der Waals surface area contributed by atoms with Gasteiger partial charge in [-0.15, -0.1) is 0 Å². The first-order chi connectivity index (χ1) is 40.6. The summed E-state index contributed by atoms with van der Waals surface area (Å²) in [7, 11) is 0.